The smallest absolute Gasteiger partial charge is 0.319 e. The second-order valence-electron chi connectivity index (χ2n) is 3.43. The summed E-state index contributed by atoms with van der Waals surface area (Å²) in [5.74, 6) is -0.601. The van der Waals surface area contributed by atoms with Gasteiger partial charge in [0.05, 0.1) is 11.3 Å². The van der Waals surface area contributed by atoms with Gasteiger partial charge in [0, 0.05) is 12.4 Å². The van der Waals surface area contributed by atoms with Gasteiger partial charge in [-0.3, -0.25) is 20.1 Å². The summed E-state index contributed by atoms with van der Waals surface area (Å²) in [5.41, 5.74) is 6.11. The van der Waals surface area contributed by atoms with Gasteiger partial charge in [0.2, 0.25) is 0 Å². The molecular formula is C12H10N4O2. The lowest BCUT2D eigenvalue weighted by molar-refractivity contribution is 0.0966. The number of amides is 3. The minimum atomic E-state index is -0.907. The highest BCUT2D eigenvalue weighted by Gasteiger charge is 2.15. The number of aromatic nitrogens is 2. The molecule has 0 aliphatic carbocycles. The van der Waals surface area contributed by atoms with Gasteiger partial charge < -0.3 is 5.73 Å². The molecule has 0 aliphatic heterocycles. The van der Waals surface area contributed by atoms with E-state index in [4.69, 9.17) is 5.73 Å². The molecule has 0 saturated carbocycles. The Morgan fingerprint density at radius 3 is 2.50 bits per heavy atom. The lowest BCUT2D eigenvalue weighted by Crippen LogP contribution is -2.35. The van der Waals surface area contributed by atoms with Gasteiger partial charge in [0.25, 0.3) is 5.91 Å². The summed E-state index contributed by atoms with van der Waals surface area (Å²) in [6.45, 7) is 0. The van der Waals surface area contributed by atoms with Crippen molar-refractivity contribution in [1.29, 1.82) is 0 Å². The molecule has 0 saturated heterocycles. The maximum atomic E-state index is 11.8. The van der Waals surface area contributed by atoms with Crippen molar-refractivity contribution < 1.29 is 9.59 Å². The lowest BCUT2D eigenvalue weighted by atomic mass is 10.1. The van der Waals surface area contributed by atoms with Crippen molar-refractivity contribution >= 4 is 11.9 Å². The van der Waals surface area contributed by atoms with E-state index in [0.29, 0.717) is 11.4 Å². The van der Waals surface area contributed by atoms with Crippen LogP contribution >= 0.6 is 0 Å². The van der Waals surface area contributed by atoms with E-state index in [1.807, 2.05) is 5.32 Å². The summed E-state index contributed by atoms with van der Waals surface area (Å²) >= 11 is 0. The molecule has 0 bridgehead atoms. The lowest BCUT2D eigenvalue weighted by Gasteiger charge is -2.06. The molecule has 2 aromatic rings. The average molecular weight is 242 g/mol. The number of nitrogens with two attached hydrogens (primary N) is 1. The molecule has 2 rings (SSSR count). The van der Waals surface area contributed by atoms with Gasteiger partial charge in [0.1, 0.15) is 5.69 Å². The van der Waals surface area contributed by atoms with Gasteiger partial charge in [-0.05, 0) is 24.3 Å². The molecule has 0 aromatic carbocycles. The molecule has 18 heavy (non-hydrogen) atoms. The number of imide groups is 1. The number of carbonyl (C=O) groups is 2. The van der Waals surface area contributed by atoms with Gasteiger partial charge in [0.15, 0.2) is 0 Å². The summed E-state index contributed by atoms with van der Waals surface area (Å²) in [7, 11) is 0. The SMILES string of the molecule is NC(=O)NC(=O)c1cccnc1-c1ccccn1. The minimum absolute atomic E-state index is 0.245. The van der Waals surface area contributed by atoms with Crippen molar-refractivity contribution in [3.05, 3.63) is 48.3 Å². The molecule has 0 fully saturated rings. The number of carbonyl (C=O) groups excluding carboxylic acids is 2. The van der Waals surface area contributed by atoms with Crippen LogP contribution in [0.4, 0.5) is 4.79 Å². The van der Waals surface area contributed by atoms with Crippen molar-refractivity contribution in [3.63, 3.8) is 0 Å². The zero-order valence-electron chi connectivity index (χ0n) is 9.33. The van der Waals surface area contributed by atoms with E-state index in [9.17, 15) is 9.59 Å². The normalized spacial score (nSPS) is 9.78. The first-order valence-corrected chi connectivity index (χ1v) is 5.15. The van der Waals surface area contributed by atoms with Crippen LogP contribution in [-0.4, -0.2) is 21.9 Å². The monoisotopic (exact) mass is 242 g/mol. The molecule has 0 unspecified atom stereocenters. The quantitative estimate of drug-likeness (QED) is 0.819. The van der Waals surface area contributed by atoms with Crippen LogP contribution in [0, 0.1) is 0 Å². The zero-order chi connectivity index (χ0) is 13.0. The Labute approximate surface area is 103 Å². The molecule has 90 valence electrons. The Bertz CT molecular complexity index is 584. The number of hydrogen-bond donors (Lipinski definition) is 2. The van der Waals surface area contributed by atoms with Gasteiger partial charge in [-0.1, -0.05) is 6.07 Å². The number of nitrogens with one attached hydrogen (secondary N) is 1. The van der Waals surface area contributed by atoms with Gasteiger partial charge in [-0.2, -0.15) is 0 Å². The standard InChI is InChI=1S/C12H10N4O2/c13-12(18)16-11(17)8-4-3-7-15-10(8)9-5-1-2-6-14-9/h1-7H,(H3,13,16,17,18). The van der Waals surface area contributed by atoms with Crippen molar-refractivity contribution in [2.24, 2.45) is 5.73 Å². The van der Waals surface area contributed by atoms with Crippen molar-refractivity contribution in [1.82, 2.24) is 15.3 Å². The van der Waals surface area contributed by atoms with E-state index in [0.717, 1.165) is 0 Å². The van der Waals surface area contributed by atoms with E-state index in [-0.39, 0.29) is 5.56 Å². The van der Waals surface area contributed by atoms with Crippen LogP contribution in [0.15, 0.2) is 42.7 Å². The predicted octanol–water partition coefficient (Wildman–Crippen LogP) is 0.952. The highest BCUT2D eigenvalue weighted by Crippen LogP contribution is 2.18. The van der Waals surface area contributed by atoms with Crippen LogP contribution < -0.4 is 11.1 Å². The fourth-order valence-electron chi connectivity index (χ4n) is 1.47. The number of primary amides is 1. The second-order valence-corrected chi connectivity index (χ2v) is 3.43. The van der Waals surface area contributed by atoms with Gasteiger partial charge >= 0.3 is 6.03 Å². The third-order valence-corrected chi connectivity index (χ3v) is 2.20. The number of nitrogens with zero attached hydrogens (tertiary/aromatic N) is 2. The van der Waals surface area contributed by atoms with E-state index in [2.05, 4.69) is 9.97 Å². The van der Waals surface area contributed by atoms with Crippen molar-refractivity contribution in [2.75, 3.05) is 0 Å². The number of rotatable bonds is 2. The van der Waals surface area contributed by atoms with Crippen LogP contribution in [0.1, 0.15) is 10.4 Å². The fourth-order valence-corrected chi connectivity index (χ4v) is 1.47. The van der Waals surface area contributed by atoms with Crippen LogP contribution in [0.3, 0.4) is 0 Å². The van der Waals surface area contributed by atoms with Crippen molar-refractivity contribution in [2.45, 2.75) is 0 Å². The third kappa shape index (κ3) is 2.49. The molecule has 6 nitrogen and oxygen atoms in total. The minimum Gasteiger partial charge on any atom is -0.351 e. The van der Waals surface area contributed by atoms with E-state index >= 15 is 0 Å². The molecule has 0 aliphatic rings. The molecule has 3 N–H and O–H groups in total. The number of hydrogen-bond acceptors (Lipinski definition) is 4. The Morgan fingerprint density at radius 1 is 1.06 bits per heavy atom. The van der Waals surface area contributed by atoms with Crippen molar-refractivity contribution in [3.8, 4) is 11.4 Å². The maximum absolute atomic E-state index is 11.8. The van der Waals surface area contributed by atoms with Crippen LogP contribution in [0.2, 0.25) is 0 Å². The second kappa shape index (κ2) is 5.05. The Balaban J connectivity index is 2.44. The largest absolute Gasteiger partial charge is 0.351 e. The molecule has 0 radical (unpaired) electrons. The van der Waals surface area contributed by atoms with Crippen LogP contribution in [0.25, 0.3) is 11.4 Å². The molecule has 3 amide bonds. The average Bonchev–Trinajstić information content (AvgIpc) is 2.39. The predicted molar refractivity (Wildman–Crippen MR) is 64.5 cm³/mol. The Morgan fingerprint density at radius 2 is 1.83 bits per heavy atom. The topological polar surface area (TPSA) is 98.0 Å². The molecule has 0 spiro atoms. The summed E-state index contributed by atoms with van der Waals surface area (Å²) in [6, 6.07) is 7.51. The highest BCUT2D eigenvalue weighted by atomic mass is 16.2. The first kappa shape index (κ1) is 11.7. The fraction of sp³-hybridized carbons (Fsp3) is 0. The third-order valence-electron chi connectivity index (χ3n) is 2.20. The van der Waals surface area contributed by atoms with Crippen LogP contribution in [-0.2, 0) is 0 Å². The Kier molecular flexibility index (Phi) is 3.29. The van der Waals surface area contributed by atoms with Gasteiger partial charge in [-0.25, -0.2) is 4.79 Å². The molecule has 2 heterocycles. The molecule has 2 aromatic heterocycles. The van der Waals surface area contributed by atoms with E-state index in [1.165, 1.54) is 0 Å². The van der Waals surface area contributed by atoms with Gasteiger partial charge in [-0.15, -0.1) is 0 Å². The summed E-state index contributed by atoms with van der Waals surface area (Å²) in [4.78, 5) is 30.7. The maximum Gasteiger partial charge on any atom is 0.319 e. The first-order valence-electron chi connectivity index (χ1n) is 5.15. The van der Waals surface area contributed by atoms with Crippen LogP contribution in [0.5, 0.6) is 0 Å². The molecule has 6 heteroatoms. The number of pyridine rings is 2. The summed E-state index contributed by atoms with van der Waals surface area (Å²) < 4.78 is 0. The zero-order valence-corrected chi connectivity index (χ0v) is 9.33. The van der Waals surface area contributed by atoms with E-state index in [1.54, 1.807) is 42.7 Å². The highest BCUT2D eigenvalue weighted by molar-refractivity contribution is 6.06. The molecule has 0 atom stereocenters. The van der Waals surface area contributed by atoms with E-state index < -0.39 is 11.9 Å². The number of urea groups is 1. The molecular weight excluding hydrogens is 232 g/mol. The summed E-state index contributed by atoms with van der Waals surface area (Å²) in [6.07, 6.45) is 3.14. The first-order chi connectivity index (χ1) is 8.68. The Hall–Kier alpha value is -2.76. The summed E-state index contributed by atoms with van der Waals surface area (Å²) in [5, 5.41) is 2.00.